The van der Waals surface area contributed by atoms with E-state index in [4.69, 9.17) is 4.74 Å². The van der Waals surface area contributed by atoms with Gasteiger partial charge < -0.3 is 4.74 Å². The van der Waals surface area contributed by atoms with Crippen LogP contribution in [0.4, 0.5) is 0 Å². The Bertz CT molecular complexity index is 930. The van der Waals surface area contributed by atoms with Crippen molar-refractivity contribution in [3.63, 3.8) is 0 Å². The van der Waals surface area contributed by atoms with Gasteiger partial charge in [0.25, 0.3) is 0 Å². The summed E-state index contributed by atoms with van der Waals surface area (Å²) in [5, 5.41) is 13.1. The first-order valence-electron chi connectivity index (χ1n) is 7.62. The van der Waals surface area contributed by atoms with Crippen molar-refractivity contribution in [3.8, 4) is 16.9 Å². The number of rotatable bonds is 2. The molecule has 3 aromatic rings. The second-order valence-corrected chi connectivity index (χ2v) is 5.67. The average molecular weight is 308 g/mol. The van der Waals surface area contributed by atoms with Gasteiger partial charge in [0.2, 0.25) is 0 Å². The number of ketones is 1. The Kier molecular flexibility index (Phi) is 3.11. The van der Waals surface area contributed by atoms with E-state index in [1.54, 1.807) is 11.6 Å². The predicted octanol–water partition coefficient (Wildman–Crippen LogP) is 2.63. The number of hydrogen-bond acceptors (Lipinski definition) is 5. The number of ether oxygens (including phenoxy) is 1. The summed E-state index contributed by atoms with van der Waals surface area (Å²) in [5.41, 5.74) is 4.65. The molecule has 0 saturated heterocycles. The van der Waals surface area contributed by atoms with Crippen LogP contribution in [-0.2, 0) is 6.42 Å². The van der Waals surface area contributed by atoms with Crippen LogP contribution in [0.5, 0.6) is 5.75 Å². The largest absolute Gasteiger partial charge is 0.496 e. The lowest BCUT2D eigenvalue weighted by molar-refractivity contribution is 0.0964. The number of para-hydroxylation sites is 1. The summed E-state index contributed by atoms with van der Waals surface area (Å²) in [6, 6.07) is 7.77. The molecule has 4 rings (SSSR count). The number of fused-ring (bicyclic) bond motifs is 3. The van der Waals surface area contributed by atoms with Crippen LogP contribution in [0.15, 0.2) is 24.3 Å². The molecule has 0 unspecified atom stereocenters. The van der Waals surface area contributed by atoms with Gasteiger partial charge in [-0.05, 0) is 25.8 Å². The van der Waals surface area contributed by atoms with E-state index in [0.29, 0.717) is 17.8 Å². The number of carbonyl (C=O) groups excluding carboxylic acids is 1. The minimum atomic E-state index is 0.0487. The Balaban J connectivity index is 2.02. The van der Waals surface area contributed by atoms with Crippen LogP contribution in [0, 0.1) is 6.92 Å². The van der Waals surface area contributed by atoms with E-state index >= 15 is 0 Å². The van der Waals surface area contributed by atoms with E-state index in [-0.39, 0.29) is 5.78 Å². The highest BCUT2D eigenvalue weighted by molar-refractivity contribution is 5.96. The third-order valence-corrected chi connectivity index (χ3v) is 4.27. The molecule has 0 radical (unpaired) electrons. The van der Waals surface area contributed by atoms with Gasteiger partial charge >= 0.3 is 0 Å². The molecule has 0 amide bonds. The number of benzene rings is 1. The fourth-order valence-electron chi connectivity index (χ4n) is 3.19. The molecule has 23 heavy (non-hydrogen) atoms. The molecular weight excluding hydrogens is 292 g/mol. The Labute approximate surface area is 133 Å². The van der Waals surface area contributed by atoms with Crippen LogP contribution < -0.4 is 4.74 Å². The van der Waals surface area contributed by atoms with Gasteiger partial charge in [0.1, 0.15) is 5.75 Å². The van der Waals surface area contributed by atoms with Crippen LogP contribution in [0.25, 0.3) is 16.8 Å². The van der Waals surface area contributed by atoms with Gasteiger partial charge in [-0.2, -0.15) is 5.10 Å². The molecule has 0 fully saturated rings. The van der Waals surface area contributed by atoms with Crippen molar-refractivity contribution in [1.29, 1.82) is 0 Å². The first-order chi connectivity index (χ1) is 11.2. The van der Waals surface area contributed by atoms with Gasteiger partial charge in [0.15, 0.2) is 17.1 Å². The molecule has 0 atom stereocenters. The first kappa shape index (κ1) is 13.9. The van der Waals surface area contributed by atoms with E-state index in [9.17, 15) is 4.79 Å². The van der Waals surface area contributed by atoms with Crippen molar-refractivity contribution in [2.75, 3.05) is 7.11 Å². The van der Waals surface area contributed by atoms with Crippen LogP contribution in [0.2, 0.25) is 0 Å². The average Bonchev–Trinajstić information content (AvgIpc) is 2.91. The Morgan fingerprint density at radius 2 is 2.00 bits per heavy atom. The normalized spacial score (nSPS) is 14.1. The second-order valence-electron chi connectivity index (χ2n) is 5.67. The number of nitrogens with zero attached hydrogens (tertiary/aromatic N) is 4. The Morgan fingerprint density at radius 3 is 2.83 bits per heavy atom. The minimum absolute atomic E-state index is 0.0487. The molecule has 2 aromatic heterocycles. The van der Waals surface area contributed by atoms with Crippen molar-refractivity contribution >= 4 is 11.4 Å². The molecule has 0 bridgehead atoms. The summed E-state index contributed by atoms with van der Waals surface area (Å²) in [6.45, 7) is 1.94. The van der Waals surface area contributed by atoms with E-state index in [1.165, 1.54) is 0 Å². The lowest BCUT2D eigenvalue weighted by atomic mass is 9.99. The molecule has 1 aromatic carbocycles. The fourth-order valence-corrected chi connectivity index (χ4v) is 3.19. The summed E-state index contributed by atoms with van der Waals surface area (Å²) in [6.07, 6.45) is 2.15. The van der Waals surface area contributed by atoms with Crippen LogP contribution >= 0.6 is 0 Å². The molecule has 1 aliphatic carbocycles. The maximum Gasteiger partial charge on any atom is 0.185 e. The molecule has 0 spiro atoms. The van der Waals surface area contributed by atoms with Crippen molar-refractivity contribution in [2.45, 2.75) is 26.2 Å². The van der Waals surface area contributed by atoms with Gasteiger partial charge in [-0.1, -0.05) is 18.2 Å². The molecule has 116 valence electrons. The lowest BCUT2D eigenvalue weighted by Crippen LogP contribution is -2.18. The standard InChI is InChI=1S/C17H16N4O2/c1-10-15(11-6-3-4-9-14(11)23-2)17-19-18-16-12(21(17)20-10)7-5-8-13(16)22/h3-4,6,9H,5,7-8H2,1-2H3. The monoisotopic (exact) mass is 308 g/mol. The molecule has 0 aliphatic heterocycles. The summed E-state index contributed by atoms with van der Waals surface area (Å²) in [7, 11) is 1.64. The van der Waals surface area contributed by atoms with E-state index in [2.05, 4.69) is 15.3 Å². The maximum absolute atomic E-state index is 12.0. The zero-order valence-corrected chi connectivity index (χ0v) is 13.0. The minimum Gasteiger partial charge on any atom is -0.496 e. The third-order valence-electron chi connectivity index (χ3n) is 4.27. The number of methoxy groups -OCH3 is 1. The quantitative estimate of drug-likeness (QED) is 0.728. The Morgan fingerprint density at radius 1 is 1.17 bits per heavy atom. The predicted molar refractivity (Wildman–Crippen MR) is 84.8 cm³/mol. The first-order valence-corrected chi connectivity index (χ1v) is 7.62. The topological polar surface area (TPSA) is 69.4 Å². The molecular formula is C17H16N4O2. The van der Waals surface area contributed by atoms with Crippen LogP contribution in [0.1, 0.15) is 34.7 Å². The zero-order chi connectivity index (χ0) is 16.0. The molecule has 0 N–H and O–H groups in total. The highest BCUT2D eigenvalue weighted by atomic mass is 16.5. The van der Waals surface area contributed by atoms with E-state index in [1.807, 2.05) is 31.2 Å². The van der Waals surface area contributed by atoms with Crippen molar-refractivity contribution in [2.24, 2.45) is 0 Å². The number of Topliss-reactive ketones (excluding diaryl/α,β-unsaturated/α-hetero) is 1. The molecule has 6 nitrogen and oxygen atoms in total. The summed E-state index contributed by atoms with van der Waals surface area (Å²) < 4.78 is 7.24. The summed E-state index contributed by atoms with van der Waals surface area (Å²) >= 11 is 0. The molecule has 6 heteroatoms. The number of carbonyl (C=O) groups is 1. The second kappa shape index (κ2) is 5.15. The third kappa shape index (κ3) is 2.02. The molecule has 1 aliphatic rings. The van der Waals surface area contributed by atoms with Gasteiger partial charge in [-0.25, -0.2) is 4.52 Å². The molecule has 0 saturated carbocycles. The van der Waals surface area contributed by atoms with Crippen molar-refractivity contribution < 1.29 is 9.53 Å². The van der Waals surface area contributed by atoms with Crippen molar-refractivity contribution in [3.05, 3.63) is 41.3 Å². The van der Waals surface area contributed by atoms with Gasteiger partial charge in [0, 0.05) is 12.0 Å². The van der Waals surface area contributed by atoms with Crippen LogP contribution in [0.3, 0.4) is 0 Å². The highest BCUT2D eigenvalue weighted by Gasteiger charge is 2.25. The fraction of sp³-hybridized carbons (Fsp3) is 0.294. The SMILES string of the molecule is COc1ccccc1-c1c(C)nn2c3c(nnc12)C(=O)CCC3. The van der Waals surface area contributed by atoms with Gasteiger partial charge in [-0.15, -0.1) is 10.2 Å². The van der Waals surface area contributed by atoms with Gasteiger partial charge in [-0.3, -0.25) is 4.79 Å². The number of aromatic nitrogens is 4. The van der Waals surface area contributed by atoms with Crippen LogP contribution in [-0.4, -0.2) is 32.7 Å². The summed E-state index contributed by atoms with van der Waals surface area (Å²) in [4.78, 5) is 12.0. The smallest absolute Gasteiger partial charge is 0.185 e. The summed E-state index contributed by atoms with van der Waals surface area (Å²) in [5.74, 6) is 0.814. The number of hydrogen-bond donors (Lipinski definition) is 0. The molecule has 2 heterocycles. The maximum atomic E-state index is 12.0. The van der Waals surface area contributed by atoms with E-state index < -0.39 is 0 Å². The Hall–Kier alpha value is -2.76. The van der Waals surface area contributed by atoms with E-state index in [0.717, 1.165) is 41.1 Å². The highest BCUT2D eigenvalue weighted by Crippen LogP contribution is 2.35. The zero-order valence-electron chi connectivity index (χ0n) is 13.0. The lowest BCUT2D eigenvalue weighted by Gasteiger charge is -2.13. The van der Waals surface area contributed by atoms with Gasteiger partial charge in [0.05, 0.1) is 24.1 Å². The van der Waals surface area contributed by atoms with Crippen molar-refractivity contribution in [1.82, 2.24) is 19.8 Å². The number of aryl methyl sites for hydroxylation is 2.